The van der Waals surface area contributed by atoms with Gasteiger partial charge in [-0.05, 0) is 30.3 Å². The maximum absolute atomic E-state index is 12.9. The maximum Gasteiger partial charge on any atom is 0.259 e. The van der Waals surface area contributed by atoms with Gasteiger partial charge in [0.25, 0.3) is 11.5 Å². The number of anilines is 1. The van der Waals surface area contributed by atoms with Crippen LogP contribution in [-0.4, -0.2) is 22.5 Å². The second-order valence-electron chi connectivity index (χ2n) is 4.77. The van der Waals surface area contributed by atoms with Gasteiger partial charge in [-0.25, -0.2) is 9.37 Å². The number of carbonyl (C=O) groups is 1. The predicted octanol–water partition coefficient (Wildman–Crippen LogP) is 2.71. The highest BCUT2D eigenvalue weighted by molar-refractivity contribution is 7.14. The second kappa shape index (κ2) is 6.13. The van der Waals surface area contributed by atoms with Crippen molar-refractivity contribution in [3.05, 3.63) is 75.8 Å². The monoisotopic (exact) mass is 329 g/mol. The molecule has 116 valence electrons. The van der Waals surface area contributed by atoms with E-state index in [1.807, 2.05) is 0 Å². The summed E-state index contributed by atoms with van der Waals surface area (Å²) in [5, 5.41) is 2.15. The number of hydrogen-bond donors (Lipinski definition) is 0. The molecule has 0 unspecified atom stereocenters. The SMILES string of the molecule is CN(C(=O)c1ccc(F)cc1)c1nc(-n2ccccc2=O)cs1. The largest absolute Gasteiger partial charge is 0.287 e. The molecule has 0 fully saturated rings. The third-order valence-electron chi connectivity index (χ3n) is 3.23. The van der Waals surface area contributed by atoms with Gasteiger partial charge >= 0.3 is 0 Å². The van der Waals surface area contributed by atoms with Gasteiger partial charge in [-0.15, -0.1) is 11.3 Å². The van der Waals surface area contributed by atoms with E-state index in [4.69, 9.17) is 0 Å². The zero-order valence-corrected chi connectivity index (χ0v) is 13.0. The van der Waals surface area contributed by atoms with Crippen molar-refractivity contribution in [1.82, 2.24) is 9.55 Å². The van der Waals surface area contributed by atoms with E-state index in [1.54, 1.807) is 30.8 Å². The Bertz CT molecular complexity index is 902. The van der Waals surface area contributed by atoms with Crippen LogP contribution in [0.1, 0.15) is 10.4 Å². The van der Waals surface area contributed by atoms with Gasteiger partial charge in [0.2, 0.25) is 0 Å². The van der Waals surface area contributed by atoms with Crippen molar-refractivity contribution in [2.45, 2.75) is 0 Å². The lowest BCUT2D eigenvalue weighted by Gasteiger charge is -2.13. The molecule has 0 aliphatic heterocycles. The number of nitrogens with zero attached hydrogens (tertiary/aromatic N) is 3. The minimum Gasteiger partial charge on any atom is -0.287 e. The van der Waals surface area contributed by atoms with Gasteiger partial charge in [0.15, 0.2) is 10.9 Å². The molecule has 0 N–H and O–H groups in total. The Balaban J connectivity index is 1.88. The number of rotatable bonds is 3. The number of aromatic nitrogens is 2. The summed E-state index contributed by atoms with van der Waals surface area (Å²) in [6, 6.07) is 10.1. The van der Waals surface area contributed by atoms with E-state index in [0.717, 1.165) is 0 Å². The molecular formula is C16H12FN3O2S. The zero-order valence-electron chi connectivity index (χ0n) is 12.1. The Labute approximate surface area is 135 Å². The minimum atomic E-state index is -0.399. The minimum absolute atomic E-state index is 0.197. The van der Waals surface area contributed by atoms with Crippen LogP contribution in [0.2, 0.25) is 0 Å². The van der Waals surface area contributed by atoms with Crippen molar-refractivity contribution in [2.75, 3.05) is 11.9 Å². The summed E-state index contributed by atoms with van der Waals surface area (Å²) >= 11 is 1.25. The van der Waals surface area contributed by atoms with Gasteiger partial charge < -0.3 is 0 Å². The molecule has 0 radical (unpaired) electrons. The first-order chi connectivity index (χ1) is 11.1. The molecule has 7 heteroatoms. The molecule has 0 bridgehead atoms. The van der Waals surface area contributed by atoms with Gasteiger partial charge in [0.05, 0.1) is 0 Å². The zero-order chi connectivity index (χ0) is 16.4. The predicted molar refractivity (Wildman–Crippen MR) is 86.8 cm³/mol. The smallest absolute Gasteiger partial charge is 0.259 e. The van der Waals surface area contributed by atoms with E-state index in [1.165, 1.54) is 51.1 Å². The maximum atomic E-state index is 12.9. The van der Waals surface area contributed by atoms with Gasteiger partial charge in [-0.2, -0.15) is 0 Å². The van der Waals surface area contributed by atoms with E-state index in [-0.39, 0.29) is 11.5 Å². The Hall–Kier alpha value is -2.80. The second-order valence-corrected chi connectivity index (χ2v) is 5.60. The Morgan fingerprint density at radius 3 is 2.65 bits per heavy atom. The van der Waals surface area contributed by atoms with Crippen LogP contribution >= 0.6 is 11.3 Å². The summed E-state index contributed by atoms with van der Waals surface area (Å²) < 4.78 is 14.3. The lowest BCUT2D eigenvalue weighted by molar-refractivity contribution is 0.0993. The molecule has 0 spiro atoms. The molecule has 5 nitrogen and oxygen atoms in total. The average Bonchev–Trinajstić information content (AvgIpc) is 3.04. The first-order valence-electron chi connectivity index (χ1n) is 6.73. The highest BCUT2D eigenvalue weighted by atomic mass is 32.1. The van der Waals surface area contributed by atoms with E-state index >= 15 is 0 Å². The number of halogens is 1. The third kappa shape index (κ3) is 3.04. The lowest BCUT2D eigenvalue weighted by atomic mass is 10.2. The number of amides is 1. The van der Waals surface area contributed by atoms with Crippen LogP contribution in [0.15, 0.2) is 58.8 Å². The first kappa shape index (κ1) is 15.1. The standard InChI is InChI=1S/C16H12FN3O2S/c1-19(15(22)11-5-7-12(17)8-6-11)16-18-13(10-23-16)20-9-3-2-4-14(20)21/h2-10H,1H3. The summed E-state index contributed by atoms with van der Waals surface area (Å²) in [7, 11) is 1.59. The molecule has 23 heavy (non-hydrogen) atoms. The Kier molecular flexibility index (Phi) is 4.03. The summed E-state index contributed by atoms with van der Waals surface area (Å²) in [4.78, 5) is 29.9. The van der Waals surface area contributed by atoms with E-state index < -0.39 is 5.82 Å². The number of benzene rings is 1. The number of hydrogen-bond acceptors (Lipinski definition) is 4. The molecule has 1 amide bonds. The number of pyridine rings is 1. The van der Waals surface area contributed by atoms with Crippen molar-refractivity contribution < 1.29 is 9.18 Å². The van der Waals surface area contributed by atoms with E-state index in [2.05, 4.69) is 4.98 Å². The highest BCUT2D eigenvalue weighted by Gasteiger charge is 2.17. The van der Waals surface area contributed by atoms with Crippen LogP contribution in [0.25, 0.3) is 5.82 Å². The van der Waals surface area contributed by atoms with Crippen LogP contribution in [0.4, 0.5) is 9.52 Å². The first-order valence-corrected chi connectivity index (χ1v) is 7.61. The van der Waals surface area contributed by atoms with E-state index in [0.29, 0.717) is 16.5 Å². The molecule has 0 aliphatic rings. The van der Waals surface area contributed by atoms with Crippen molar-refractivity contribution in [3.8, 4) is 5.82 Å². The van der Waals surface area contributed by atoms with Crippen LogP contribution in [-0.2, 0) is 0 Å². The molecule has 3 aromatic rings. The van der Waals surface area contributed by atoms with Gasteiger partial charge in [-0.3, -0.25) is 19.1 Å². The molecule has 1 aromatic carbocycles. The highest BCUT2D eigenvalue weighted by Crippen LogP contribution is 2.22. The van der Waals surface area contributed by atoms with Crippen molar-refractivity contribution in [1.29, 1.82) is 0 Å². The normalized spacial score (nSPS) is 10.5. The van der Waals surface area contributed by atoms with Gasteiger partial charge in [0.1, 0.15) is 5.82 Å². The van der Waals surface area contributed by atoms with Gasteiger partial charge in [-0.1, -0.05) is 6.07 Å². The fourth-order valence-corrected chi connectivity index (χ4v) is 2.77. The Morgan fingerprint density at radius 2 is 1.96 bits per heavy atom. The van der Waals surface area contributed by atoms with Crippen molar-refractivity contribution in [2.24, 2.45) is 0 Å². The fraction of sp³-hybridized carbons (Fsp3) is 0.0625. The topological polar surface area (TPSA) is 55.2 Å². The van der Waals surface area contributed by atoms with Crippen LogP contribution < -0.4 is 10.5 Å². The lowest BCUT2D eigenvalue weighted by Crippen LogP contribution is -2.26. The summed E-state index contributed by atoms with van der Waals surface area (Å²) in [5.41, 5.74) is 0.166. The van der Waals surface area contributed by atoms with Crippen molar-refractivity contribution in [3.63, 3.8) is 0 Å². The summed E-state index contributed by atoms with van der Waals surface area (Å²) in [5.74, 6) is -0.246. The van der Waals surface area contributed by atoms with E-state index in [9.17, 15) is 14.0 Å². The summed E-state index contributed by atoms with van der Waals surface area (Å²) in [6.07, 6.45) is 1.61. The van der Waals surface area contributed by atoms with Crippen LogP contribution in [0, 0.1) is 5.82 Å². The van der Waals surface area contributed by atoms with Gasteiger partial charge in [0, 0.05) is 30.3 Å². The Morgan fingerprint density at radius 1 is 1.22 bits per heavy atom. The quantitative estimate of drug-likeness (QED) is 0.742. The molecular weight excluding hydrogens is 317 g/mol. The van der Waals surface area contributed by atoms with Crippen LogP contribution in [0.5, 0.6) is 0 Å². The molecule has 0 atom stereocenters. The fourth-order valence-electron chi connectivity index (χ4n) is 2.01. The summed E-state index contributed by atoms with van der Waals surface area (Å²) in [6.45, 7) is 0. The van der Waals surface area contributed by atoms with Crippen molar-refractivity contribution >= 4 is 22.4 Å². The number of carbonyl (C=O) groups excluding carboxylic acids is 1. The molecule has 2 heterocycles. The molecule has 0 saturated heterocycles. The molecule has 2 aromatic heterocycles. The molecule has 0 saturated carbocycles. The number of thiazole rings is 1. The van der Waals surface area contributed by atoms with Crippen LogP contribution in [0.3, 0.4) is 0 Å². The third-order valence-corrected chi connectivity index (χ3v) is 4.14. The average molecular weight is 329 g/mol. The molecule has 3 rings (SSSR count). The molecule has 0 aliphatic carbocycles.